The lowest BCUT2D eigenvalue weighted by molar-refractivity contribution is -0.126. The first-order chi connectivity index (χ1) is 16.2. The molecule has 1 aliphatic rings. The van der Waals surface area contributed by atoms with Crippen molar-refractivity contribution >= 4 is 51.5 Å². The molecule has 1 aromatic carbocycles. The van der Waals surface area contributed by atoms with Crippen LogP contribution in [-0.2, 0) is 4.79 Å². The minimum atomic E-state index is -0.362. The van der Waals surface area contributed by atoms with Crippen LogP contribution >= 0.6 is 11.3 Å². The van der Waals surface area contributed by atoms with Crippen LogP contribution in [0.4, 0.5) is 11.5 Å². The van der Waals surface area contributed by atoms with Gasteiger partial charge in [0.2, 0.25) is 5.91 Å². The summed E-state index contributed by atoms with van der Waals surface area (Å²) in [7, 11) is 0. The van der Waals surface area contributed by atoms with Gasteiger partial charge in [0.15, 0.2) is 0 Å². The Labute approximate surface area is 202 Å². The van der Waals surface area contributed by atoms with Crippen molar-refractivity contribution in [2.24, 2.45) is 5.41 Å². The molecule has 2 aromatic heterocycles. The summed E-state index contributed by atoms with van der Waals surface area (Å²) in [5.74, 6) is -0.266. The second-order valence-corrected chi connectivity index (χ2v) is 10.4. The van der Waals surface area contributed by atoms with E-state index in [1.54, 1.807) is 25.1 Å². The van der Waals surface area contributed by atoms with Gasteiger partial charge >= 0.3 is 0 Å². The van der Waals surface area contributed by atoms with E-state index in [0.717, 1.165) is 30.7 Å². The molecule has 3 amide bonds. The maximum Gasteiger partial charge on any atom is 0.268 e. The van der Waals surface area contributed by atoms with E-state index in [9.17, 15) is 14.4 Å². The predicted molar refractivity (Wildman–Crippen MR) is 136 cm³/mol. The number of fused-ring (bicyclic) bond motifs is 1. The van der Waals surface area contributed by atoms with Gasteiger partial charge in [0.1, 0.15) is 10.7 Å². The molecule has 0 bridgehead atoms. The van der Waals surface area contributed by atoms with Gasteiger partial charge in [0.05, 0.1) is 16.3 Å². The summed E-state index contributed by atoms with van der Waals surface area (Å²) in [6.07, 6.45) is 5.08. The van der Waals surface area contributed by atoms with Gasteiger partial charge in [-0.3, -0.25) is 14.4 Å². The van der Waals surface area contributed by atoms with Gasteiger partial charge in [-0.25, -0.2) is 4.98 Å². The number of rotatable bonds is 6. The fraction of sp³-hybridized carbons (Fsp3) is 0.440. The topological polar surface area (TPSA) is 116 Å². The first-order valence-corrected chi connectivity index (χ1v) is 12.5. The number of carbonyl (C=O) groups is 3. The van der Waals surface area contributed by atoms with Crippen LogP contribution < -0.4 is 16.0 Å². The van der Waals surface area contributed by atoms with Crippen molar-refractivity contribution in [3.05, 3.63) is 39.3 Å². The van der Waals surface area contributed by atoms with Gasteiger partial charge in [-0.05, 0) is 51.8 Å². The number of hydrogen-bond donors (Lipinski definition) is 4. The second kappa shape index (κ2) is 9.58. The molecule has 8 nitrogen and oxygen atoms in total. The summed E-state index contributed by atoms with van der Waals surface area (Å²) in [6, 6.07) is 5.40. The molecule has 1 fully saturated rings. The highest BCUT2D eigenvalue weighted by atomic mass is 32.1. The van der Waals surface area contributed by atoms with E-state index in [1.807, 2.05) is 20.8 Å². The van der Waals surface area contributed by atoms with E-state index in [2.05, 4.69) is 25.9 Å². The third kappa shape index (κ3) is 4.70. The Morgan fingerprint density at radius 2 is 1.82 bits per heavy atom. The molecular formula is C25H31N5O3S. The van der Waals surface area contributed by atoms with E-state index < -0.39 is 0 Å². The molecule has 0 spiro atoms. The third-order valence-electron chi connectivity index (χ3n) is 6.47. The SMILES string of the molecule is CCNC(=O)c1c(NC(=O)c2sc(C)nc2C)[nH]c2cc(NC(=O)C3(C)CCCCC3)ccc12. The van der Waals surface area contributed by atoms with Crippen LogP contribution in [0.3, 0.4) is 0 Å². The highest BCUT2D eigenvalue weighted by molar-refractivity contribution is 7.13. The van der Waals surface area contributed by atoms with Crippen molar-refractivity contribution in [1.29, 1.82) is 0 Å². The summed E-state index contributed by atoms with van der Waals surface area (Å²) < 4.78 is 0. The van der Waals surface area contributed by atoms with Crippen molar-refractivity contribution in [2.75, 3.05) is 17.2 Å². The minimum Gasteiger partial charge on any atom is -0.352 e. The number of benzene rings is 1. The normalized spacial score (nSPS) is 15.2. The lowest BCUT2D eigenvalue weighted by atomic mass is 9.75. The van der Waals surface area contributed by atoms with E-state index in [-0.39, 0.29) is 23.1 Å². The maximum atomic E-state index is 13.0. The van der Waals surface area contributed by atoms with Crippen LogP contribution in [0, 0.1) is 19.3 Å². The van der Waals surface area contributed by atoms with Crippen molar-refractivity contribution in [2.45, 2.75) is 59.8 Å². The molecule has 34 heavy (non-hydrogen) atoms. The zero-order valence-corrected chi connectivity index (χ0v) is 20.9. The standard InChI is InChI=1S/C25H31N5O3S/c1-5-26-22(31)19-17-10-9-16(28-24(33)25(4)11-7-6-8-12-25)13-18(17)29-21(19)30-23(32)20-14(2)27-15(3)34-20/h9-10,13,29H,5-8,11-12H2,1-4H3,(H,26,31)(H,28,33)(H,30,32). The quantitative estimate of drug-likeness (QED) is 0.389. The van der Waals surface area contributed by atoms with E-state index in [1.165, 1.54) is 17.8 Å². The smallest absolute Gasteiger partial charge is 0.268 e. The van der Waals surface area contributed by atoms with E-state index in [0.29, 0.717) is 45.1 Å². The Morgan fingerprint density at radius 3 is 2.47 bits per heavy atom. The molecular weight excluding hydrogens is 450 g/mol. The Bertz CT molecular complexity index is 1250. The predicted octanol–water partition coefficient (Wildman–Crippen LogP) is 5.15. The third-order valence-corrected chi connectivity index (χ3v) is 7.55. The number of aryl methyl sites for hydroxylation is 2. The Hall–Kier alpha value is -3.20. The monoisotopic (exact) mass is 481 g/mol. The molecule has 0 aliphatic heterocycles. The molecule has 2 heterocycles. The van der Waals surface area contributed by atoms with Crippen molar-refractivity contribution < 1.29 is 14.4 Å². The highest BCUT2D eigenvalue weighted by Gasteiger charge is 2.34. The number of anilines is 2. The summed E-state index contributed by atoms with van der Waals surface area (Å²) in [4.78, 5) is 46.8. The number of H-pyrrole nitrogens is 1. The number of aromatic amines is 1. The number of thiazole rings is 1. The number of nitrogens with one attached hydrogen (secondary N) is 4. The van der Waals surface area contributed by atoms with E-state index in [4.69, 9.17) is 0 Å². The fourth-order valence-electron chi connectivity index (χ4n) is 4.61. The number of hydrogen-bond acceptors (Lipinski definition) is 5. The number of carbonyl (C=O) groups excluding carboxylic acids is 3. The maximum absolute atomic E-state index is 13.0. The fourth-order valence-corrected chi connectivity index (χ4v) is 5.42. The number of nitrogens with zero attached hydrogens (tertiary/aromatic N) is 1. The average molecular weight is 482 g/mol. The summed E-state index contributed by atoms with van der Waals surface area (Å²) in [6.45, 7) is 7.96. The molecule has 180 valence electrons. The second-order valence-electron chi connectivity index (χ2n) is 9.17. The molecule has 4 rings (SSSR count). The van der Waals surface area contributed by atoms with Crippen LogP contribution in [0.1, 0.15) is 76.7 Å². The summed E-state index contributed by atoms with van der Waals surface area (Å²) in [5, 5.41) is 10.2. The van der Waals surface area contributed by atoms with Gasteiger partial charge in [-0.1, -0.05) is 26.2 Å². The molecule has 0 unspecified atom stereocenters. The Kier molecular flexibility index (Phi) is 6.74. The van der Waals surface area contributed by atoms with Crippen LogP contribution in [0.25, 0.3) is 10.9 Å². The lowest BCUT2D eigenvalue weighted by Gasteiger charge is -2.32. The zero-order chi connectivity index (χ0) is 24.5. The minimum absolute atomic E-state index is 0.0200. The Balaban J connectivity index is 1.65. The van der Waals surface area contributed by atoms with Gasteiger partial charge in [-0.2, -0.15) is 0 Å². The van der Waals surface area contributed by atoms with Gasteiger partial charge in [-0.15, -0.1) is 11.3 Å². The van der Waals surface area contributed by atoms with Gasteiger partial charge in [0, 0.05) is 28.6 Å². The van der Waals surface area contributed by atoms with E-state index >= 15 is 0 Å². The summed E-state index contributed by atoms with van der Waals surface area (Å²) in [5.41, 5.74) is 1.96. The van der Waals surface area contributed by atoms with Gasteiger partial charge in [0.25, 0.3) is 11.8 Å². The van der Waals surface area contributed by atoms with Gasteiger partial charge < -0.3 is 20.9 Å². The van der Waals surface area contributed by atoms with Crippen LogP contribution in [-0.4, -0.2) is 34.2 Å². The molecule has 9 heteroatoms. The molecule has 3 aromatic rings. The van der Waals surface area contributed by atoms with Crippen LogP contribution in [0.2, 0.25) is 0 Å². The van der Waals surface area contributed by atoms with Crippen LogP contribution in [0.15, 0.2) is 18.2 Å². The molecule has 0 saturated heterocycles. The molecule has 0 radical (unpaired) electrons. The Morgan fingerprint density at radius 1 is 1.09 bits per heavy atom. The summed E-state index contributed by atoms with van der Waals surface area (Å²) >= 11 is 1.31. The number of aromatic nitrogens is 2. The number of amides is 3. The average Bonchev–Trinajstić information content (AvgIpc) is 3.32. The largest absolute Gasteiger partial charge is 0.352 e. The van der Waals surface area contributed by atoms with Crippen molar-refractivity contribution in [3.8, 4) is 0 Å². The highest BCUT2D eigenvalue weighted by Crippen LogP contribution is 2.37. The molecule has 1 aliphatic carbocycles. The molecule has 4 N–H and O–H groups in total. The lowest BCUT2D eigenvalue weighted by Crippen LogP contribution is -2.35. The molecule has 1 saturated carbocycles. The molecule has 0 atom stereocenters. The van der Waals surface area contributed by atoms with Crippen LogP contribution in [0.5, 0.6) is 0 Å². The first kappa shape index (κ1) is 23.9. The zero-order valence-electron chi connectivity index (χ0n) is 20.1. The van der Waals surface area contributed by atoms with Crippen molar-refractivity contribution in [3.63, 3.8) is 0 Å². The first-order valence-electron chi connectivity index (χ1n) is 11.7. The van der Waals surface area contributed by atoms with Crippen molar-refractivity contribution in [1.82, 2.24) is 15.3 Å².